The number of alkyl halides is 2. The number of nitrogens with zero attached hydrogens (tertiary/aromatic N) is 5. The van der Waals surface area contributed by atoms with Gasteiger partial charge in [-0.15, -0.1) is 0 Å². The molecule has 1 saturated heterocycles. The standard InChI is InChI=1S/C36H37ClF2N6O4Si/c1-35(2,3)50(5,6)49-29-18-28(45(34(29)48)30-16-22(21-40)14-15-42-30)33(47)44(25-11-9-10-23(17-25)41-4)31(26-12-7-8-13-27(26)37)32(46)43-24-19-36(38,39)20-24/h7-17,24,28-29,31H,18-20H2,1-3,5-6H3,(H,43,46)/t28-,29+,31?/m0/s1. The van der Waals surface area contributed by atoms with Crippen molar-refractivity contribution in [1.29, 1.82) is 5.26 Å². The second kappa shape index (κ2) is 13.9. The lowest BCUT2D eigenvalue weighted by Crippen LogP contribution is -2.56. The highest BCUT2D eigenvalue weighted by Gasteiger charge is 2.52. The molecule has 2 aromatic carbocycles. The fourth-order valence-electron chi connectivity index (χ4n) is 5.87. The van der Waals surface area contributed by atoms with Crippen LogP contribution in [0.3, 0.4) is 0 Å². The molecule has 1 unspecified atom stereocenters. The molecule has 1 saturated carbocycles. The minimum Gasteiger partial charge on any atom is -0.405 e. The molecule has 2 heterocycles. The van der Waals surface area contributed by atoms with Crippen LogP contribution in [-0.4, -0.2) is 55.1 Å². The maximum atomic E-state index is 15.2. The van der Waals surface area contributed by atoms with E-state index in [2.05, 4.69) is 15.1 Å². The van der Waals surface area contributed by atoms with Crippen LogP contribution in [0.15, 0.2) is 66.9 Å². The predicted molar refractivity (Wildman–Crippen MR) is 187 cm³/mol. The van der Waals surface area contributed by atoms with Crippen molar-refractivity contribution < 1.29 is 27.6 Å². The van der Waals surface area contributed by atoms with Gasteiger partial charge < -0.3 is 9.74 Å². The van der Waals surface area contributed by atoms with Crippen LogP contribution in [-0.2, 0) is 18.8 Å². The van der Waals surface area contributed by atoms with Gasteiger partial charge in [0, 0.05) is 47.8 Å². The van der Waals surface area contributed by atoms with Gasteiger partial charge in [0.25, 0.3) is 17.7 Å². The Bertz CT molecular complexity index is 1900. The van der Waals surface area contributed by atoms with E-state index in [4.69, 9.17) is 22.6 Å². The average molecular weight is 719 g/mol. The second-order valence-corrected chi connectivity index (χ2v) is 19.2. The summed E-state index contributed by atoms with van der Waals surface area (Å²) in [6.45, 7) is 17.7. The summed E-state index contributed by atoms with van der Waals surface area (Å²) in [5.74, 6) is -4.92. The van der Waals surface area contributed by atoms with Crippen LogP contribution in [0.1, 0.15) is 57.2 Å². The van der Waals surface area contributed by atoms with E-state index in [-0.39, 0.29) is 44.8 Å². The number of aromatic nitrogens is 1. The van der Waals surface area contributed by atoms with Crippen LogP contribution in [0.5, 0.6) is 0 Å². The molecule has 1 aliphatic carbocycles. The van der Waals surface area contributed by atoms with Crippen molar-refractivity contribution in [3.05, 3.63) is 94.4 Å². The molecule has 10 nitrogen and oxygen atoms in total. The topological polar surface area (TPSA) is 120 Å². The Labute approximate surface area is 295 Å². The maximum Gasteiger partial charge on any atom is 0.256 e. The quantitative estimate of drug-likeness (QED) is 0.183. The number of halogens is 3. The van der Waals surface area contributed by atoms with E-state index in [1.165, 1.54) is 35.4 Å². The largest absolute Gasteiger partial charge is 0.405 e. The molecule has 2 aliphatic rings. The van der Waals surface area contributed by atoms with Crippen LogP contribution < -0.4 is 15.1 Å². The highest BCUT2D eigenvalue weighted by Crippen LogP contribution is 2.42. The molecule has 14 heteroatoms. The first-order valence-electron chi connectivity index (χ1n) is 16.1. The lowest BCUT2D eigenvalue weighted by molar-refractivity contribution is -0.133. The number of nitrogens with one attached hydrogen (secondary N) is 1. The zero-order valence-corrected chi connectivity index (χ0v) is 30.0. The van der Waals surface area contributed by atoms with Crippen molar-refractivity contribution in [2.24, 2.45) is 0 Å². The molecule has 260 valence electrons. The van der Waals surface area contributed by atoms with E-state index in [1.807, 2.05) is 39.9 Å². The first kappa shape index (κ1) is 36.6. The molecule has 3 amide bonds. The molecule has 1 aliphatic heterocycles. The first-order chi connectivity index (χ1) is 23.5. The first-order valence-corrected chi connectivity index (χ1v) is 19.4. The van der Waals surface area contributed by atoms with Crippen molar-refractivity contribution >= 4 is 54.8 Å². The van der Waals surface area contributed by atoms with Gasteiger partial charge in [-0.05, 0) is 48.5 Å². The van der Waals surface area contributed by atoms with Crippen LogP contribution in [0.2, 0.25) is 23.2 Å². The van der Waals surface area contributed by atoms with Gasteiger partial charge in [-0.2, -0.15) is 5.26 Å². The third-order valence-corrected chi connectivity index (χ3v) is 14.4. The number of pyridine rings is 1. The Morgan fingerprint density at radius 2 is 1.88 bits per heavy atom. The number of rotatable bonds is 9. The molecule has 0 spiro atoms. The monoisotopic (exact) mass is 718 g/mol. The summed E-state index contributed by atoms with van der Waals surface area (Å²) in [4.78, 5) is 53.9. The molecule has 2 fully saturated rings. The van der Waals surface area contributed by atoms with Gasteiger partial charge >= 0.3 is 0 Å². The molecule has 3 aromatic rings. The zero-order valence-electron chi connectivity index (χ0n) is 28.3. The normalized spacial score (nSPS) is 19.6. The zero-order chi connectivity index (χ0) is 36.6. The highest BCUT2D eigenvalue weighted by atomic mass is 35.5. The van der Waals surface area contributed by atoms with E-state index in [0.29, 0.717) is 0 Å². The van der Waals surface area contributed by atoms with E-state index in [9.17, 15) is 23.6 Å². The Kier molecular flexibility index (Phi) is 10.2. The number of anilines is 2. The van der Waals surface area contributed by atoms with Crippen LogP contribution >= 0.6 is 11.6 Å². The Morgan fingerprint density at radius 3 is 2.50 bits per heavy atom. The van der Waals surface area contributed by atoms with Gasteiger partial charge in [0.05, 0.1) is 18.2 Å². The summed E-state index contributed by atoms with van der Waals surface area (Å²) in [7, 11) is -2.58. The number of carbonyl (C=O) groups excluding carboxylic acids is 3. The number of hydrogen-bond donors (Lipinski definition) is 1. The summed E-state index contributed by atoms with van der Waals surface area (Å²) in [5, 5.41) is 12.2. The fraction of sp³-hybridized carbons (Fsp3) is 0.389. The molecule has 50 heavy (non-hydrogen) atoms. The van der Waals surface area contributed by atoms with Gasteiger partial charge in [-0.1, -0.05) is 62.7 Å². The number of carbonyl (C=O) groups is 3. The summed E-state index contributed by atoms with van der Waals surface area (Å²) >= 11 is 6.66. The van der Waals surface area contributed by atoms with Gasteiger partial charge in [0.1, 0.15) is 24.0 Å². The Morgan fingerprint density at radius 1 is 1.18 bits per heavy atom. The molecule has 1 aromatic heterocycles. The highest BCUT2D eigenvalue weighted by molar-refractivity contribution is 6.74. The van der Waals surface area contributed by atoms with E-state index in [0.717, 1.165) is 4.90 Å². The fourth-order valence-corrected chi connectivity index (χ4v) is 7.37. The van der Waals surface area contributed by atoms with Gasteiger partial charge in [0.15, 0.2) is 14.0 Å². The van der Waals surface area contributed by atoms with Crippen molar-refractivity contribution in [3.8, 4) is 6.07 Å². The second-order valence-electron chi connectivity index (χ2n) is 14.1. The maximum absolute atomic E-state index is 15.2. The summed E-state index contributed by atoms with van der Waals surface area (Å²) in [6.07, 6.45) is -0.941. The number of hydrogen-bond acceptors (Lipinski definition) is 6. The SMILES string of the molecule is [C-]#[N+]c1cccc(N(C(=O)[C@@H]2C[C@@H](O[Si](C)(C)C(C)(C)C)C(=O)N2c2cc(C#N)ccn2)C(C(=O)NC2CC(F)(F)C2)c2ccccc2Cl)c1. The van der Waals surface area contributed by atoms with Crippen LogP contribution in [0.4, 0.5) is 26.0 Å². The van der Waals surface area contributed by atoms with E-state index in [1.54, 1.807) is 36.4 Å². The number of amides is 3. The minimum absolute atomic E-state index is 0.0408. The minimum atomic E-state index is -2.92. The predicted octanol–water partition coefficient (Wildman–Crippen LogP) is 7.34. The Balaban J connectivity index is 1.67. The van der Waals surface area contributed by atoms with Gasteiger partial charge in [-0.25, -0.2) is 18.6 Å². The smallest absolute Gasteiger partial charge is 0.256 e. The summed E-state index contributed by atoms with van der Waals surface area (Å²) in [5.41, 5.74) is 0.713. The lowest BCUT2D eigenvalue weighted by Gasteiger charge is -2.39. The molecule has 3 atom stereocenters. The summed E-state index contributed by atoms with van der Waals surface area (Å²) in [6, 6.07) is 13.7. The molecular weight excluding hydrogens is 682 g/mol. The van der Waals surface area contributed by atoms with Gasteiger partial charge in [-0.3, -0.25) is 24.2 Å². The molecule has 5 rings (SSSR count). The van der Waals surface area contributed by atoms with Crippen LogP contribution in [0, 0.1) is 17.9 Å². The van der Waals surface area contributed by atoms with Crippen molar-refractivity contribution in [1.82, 2.24) is 10.3 Å². The van der Waals surface area contributed by atoms with E-state index < -0.39 is 69.0 Å². The molecule has 1 N–H and O–H groups in total. The number of benzene rings is 2. The van der Waals surface area contributed by atoms with E-state index >= 15 is 4.79 Å². The van der Waals surface area contributed by atoms with Crippen molar-refractivity contribution in [3.63, 3.8) is 0 Å². The Hall–Kier alpha value is -4.69. The van der Waals surface area contributed by atoms with Crippen molar-refractivity contribution in [2.45, 2.75) is 88.3 Å². The van der Waals surface area contributed by atoms with Gasteiger partial charge in [0.2, 0.25) is 5.91 Å². The lowest BCUT2D eigenvalue weighted by atomic mass is 9.87. The third kappa shape index (κ3) is 7.41. The molecular formula is C36H37ClF2N6O4Si. The molecule has 0 radical (unpaired) electrons. The average Bonchev–Trinajstić information content (AvgIpc) is 3.37. The summed E-state index contributed by atoms with van der Waals surface area (Å²) < 4.78 is 34.3. The van der Waals surface area contributed by atoms with Crippen molar-refractivity contribution in [2.75, 3.05) is 9.80 Å². The number of nitriles is 1. The van der Waals surface area contributed by atoms with Crippen LogP contribution in [0.25, 0.3) is 4.85 Å². The molecule has 0 bridgehead atoms. The third-order valence-electron chi connectivity index (χ3n) is 9.53.